The molecule has 3 aromatic carbocycles. The molecule has 0 unspecified atom stereocenters. The number of benzene rings is 3. The van der Waals surface area contributed by atoms with E-state index >= 15 is 0 Å². The Morgan fingerprint density at radius 1 is 0.833 bits per heavy atom. The second-order valence-corrected chi connectivity index (χ2v) is 7.06. The Labute approximate surface area is 179 Å². The Morgan fingerprint density at radius 2 is 1.63 bits per heavy atom. The summed E-state index contributed by atoms with van der Waals surface area (Å²) in [5.74, 6) is 0.424. The summed E-state index contributed by atoms with van der Waals surface area (Å²) >= 11 is 6.15. The van der Waals surface area contributed by atoms with Gasteiger partial charge in [-0.3, -0.25) is 4.79 Å². The molecule has 0 radical (unpaired) electrons. The zero-order chi connectivity index (χ0) is 20.8. The van der Waals surface area contributed by atoms with E-state index in [1.807, 2.05) is 72.8 Å². The first kappa shape index (κ1) is 19.6. The van der Waals surface area contributed by atoms with Crippen molar-refractivity contribution in [2.24, 2.45) is 0 Å². The van der Waals surface area contributed by atoms with Gasteiger partial charge < -0.3 is 10.6 Å². The lowest BCUT2D eigenvalue weighted by Gasteiger charge is -2.09. The number of aromatic nitrogens is 2. The monoisotopic (exact) mass is 414 g/mol. The minimum atomic E-state index is -0.177. The number of carbonyl (C=O) groups excluding carboxylic acids is 1. The lowest BCUT2D eigenvalue weighted by Crippen LogP contribution is -2.22. The maximum absolute atomic E-state index is 12.5. The first-order chi connectivity index (χ1) is 14.7. The summed E-state index contributed by atoms with van der Waals surface area (Å²) < 4.78 is 0. The van der Waals surface area contributed by atoms with E-state index in [4.69, 9.17) is 11.6 Å². The Morgan fingerprint density at radius 3 is 2.40 bits per heavy atom. The highest BCUT2D eigenvalue weighted by Gasteiger charge is 2.08. The van der Waals surface area contributed by atoms with E-state index in [0.717, 1.165) is 22.5 Å². The number of nitrogens with one attached hydrogen (secondary N) is 2. The number of hydrogen-bond donors (Lipinski definition) is 2. The van der Waals surface area contributed by atoms with Crippen molar-refractivity contribution in [3.8, 4) is 11.3 Å². The minimum absolute atomic E-state index is 0.177. The van der Waals surface area contributed by atoms with E-state index in [1.165, 1.54) is 0 Å². The van der Waals surface area contributed by atoms with E-state index in [-0.39, 0.29) is 5.91 Å². The molecule has 1 heterocycles. The topological polar surface area (TPSA) is 66.9 Å². The maximum atomic E-state index is 12.5. The molecule has 0 fully saturated rings. The molecule has 0 saturated heterocycles. The van der Waals surface area contributed by atoms with E-state index in [1.54, 1.807) is 18.2 Å². The van der Waals surface area contributed by atoms with Gasteiger partial charge in [0, 0.05) is 28.4 Å². The van der Waals surface area contributed by atoms with Crippen LogP contribution >= 0.6 is 11.6 Å². The molecule has 1 aromatic heterocycles. The number of hydrogen-bond acceptors (Lipinski definition) is 4. The number of nitrogens with zero attached hydrogens (tertiary/aromatic N) is 2. The number of anilines is 2. The van der Waals surface area contributed by atoms with Crippen LogP contribution in [0.2, 0.25) is 5.02 Å². The smallest absolute Gasteiger partial charge is 0.251 e. The fourth-order valence-corrected chi connectivity index (χ4v) is 3.17. The van der Waals surface area contributed by atoms with Crippen LogP contribution in [0.3, 0.4) is 0 Å². The molecule has 0 aliphatic heterocycles. The van der Waals surface area contributed by atoms with Gasteiger partial charge in [0.25, 0.3) is 5.91 Å². The standard InChI is InChI=1S/C24H19ClN4O/c25-21-12-5-4-9-19(21)16-26-24(30)18-10-6-11-20(15-18)27-23-14-13-22(28-29-23)17-7-2-1-3-8-17/h1-15H,16H2,(H,26,30)(H,27,29). The highest BCUT2D eigenvalue weighted by atomic mass is 35.5. The minimum Gasteiger partial charge on any atom is -0.348 e. The molecular formula is C24H19ClN4O. The van der Waals surface area contributed by atoms with Crippen LogP contribution in [0.4, 0.5) is 11.5 Å². The summed E-state index contributed by atoms with van der Waals surface area (Å²) in [5, 5.41) is 15.2. The molecule has 0 bridgehead atoms. The van der Waals surface area contributed by atoms with Crippen molar-refractivity contribution in [2.45, 2.75) is 6.54 Å². The van der Waals surface area contributed by atoms with Gasteiger partial charge in [-0.25, -0.2) is 0 Å². The fraction of sp³-hybridized carbons (Fsp3) is 0.0417. The third-order valence-corrected chi connectivity index (χ3v) is 4.90. The SMILES string of the molecule is O=C(NCc1ccccc1Cl)c1cccc(Nc2ccc(-c3ccccc3)nn2)c1. The zero-order valence-electron chi connectivity index (χ0n) is 16.0. The molecule has 0 saturated carbocycles. The molecule has 4 rings (SSSR count). The molecule has 4 aromatic rings. The molecule has 2 N–H and O–H groups in total. The van der Waals surface area contributed by atoms with Gasteiger partial charge >= 0.3 is 0 Å². The summed E-state index contributed by atoms with van der Waals surface area (Å²) in [6.45, 7) is 0.364. The summed E-state index contributed by atoms with van der Waals surface area (Å²) in [4.78, 5) is 12.5. The van der Waals surface area contributed by atoms with Crippen molar-refractivity contribution in [3.63, 3.8) is 0 Å². The third-order valence-electron chi connectivity index (χ3n) is 4.53. The Balaban J connectivity index is 1.42. The van der Waals surface area contributed by atoms with Gasteiger partial charge in [0.2, 0.25) is 0 Å². The van der Waals surface area contributed by atoms with Crippen LogP contribution in [0.1, 0.15) is 15.9 Å². The Kier molecular flexibility index (Phi) is 6.01. The molecular weight excluding hydrogens is 396 g/mol. The summed E-state index contributed by atoms with van der Waals surface area (Å²) in [6.07, 6.45) is 0. The molecule has 148 valence electrons. The average molecular weight is 415 g/mol. The normalized spacial score (nSPS) is 10.4. The number of amides is 1. The van der Waals surface area contributed by atoms with Crippen LogP contribution in [-0.2, 0) is 6.54 Å². The quantitative estimate of drug-likeness (QED) is 0.439. The van der Waals surface area contributed by atoms with Gasteiger partial charge in [0.1, 0.15) is 0 Å². The van der Waals surface area contributed by atoms with Crippen LogP contribution in [0.5, 0.6) is 0 Å². The van der Waals surface area contributed by atoms with Gasteiger partial charge in [-0.15, -0.1) is 10.2 Å². The molecule has 0 aliphatic rings. The van der Waals surface area contributed by atoms with Gasteiger partial charge in [0.05, 0.1) is 5.69 Å². The van der Waals surface area contributed by atoms with Crippen LogP contribution in [0, 0.1) is 0 Å². The number of carbonyl (C=O) groups is 1. The second-order valence-electron chi connectivity index (χ2n) is 6.65. The van der Waals surface area contributed by atoms with Gasteiger partial charge in [-0.1, -0.05) is 66.2 Å². The van der Waals surface area contributed by atoms with Crippen LogP contribution in [0.15, 0.2) is 91.0 Å². The van der Waals surface area contributed by atoms with Crippen molar-refractivity contribution in [1.82, 2.24) is 15.5 Å². The first-order valence-electron chi connectivity index (χ1n) is 9.47. The van der Waals surface area contributed by atoms with Crippen molar-refractivity contribution in [1.29, 1.82) is 0 Å². The molecule has 0 atom stereocenters. The lowest BCUT2D eigenvalue weighted by atomic mass is 10.1. The van der Waals surface area contributed by atoms with Crippen LogP contribution < -0.4 is 10.6 Å². The highest BCUT2D eigenvalue weighted by Crippen LogP contribution is 2.20. The summed E-state index contributed by atoms with van der Waals surface area (Å²) in [5.41, 5.74) is 3.97. The number of halogens is 1. The Bertz CT molecular complexity index is 1150. The van der Waals surface area contributed by atoms with Gasteiger partial charge in [-0.2, -0.15) is 0 Å². The predicted octanol–water partition coefficient (Wildman–Crippen LogP) is 5.47. The van der Waals surface area contributed by atoms with Crippen molar-refractivity contribution >= 4 is 29.0 Å². The zero-order valence-corrected chi connectivity index (χ0v) is 16.8. The van der Waals surface area contributed by atoms with Crippen molar-refractivity contribution in [2.75, 3.05) is 5.32 Å². The molecule has 30 heavy (non-hydrogen) atoms. The van der Waals surface area contributed by atoms with E-state index in [2.05, 4.69) is 20.8 Å². The largest absolute Gasteiger partial charge is 0.348 e. The summed E-state index contributed by atoms with van der Waals surface area (Å²) in [7, 11) is 0. The fourth-order valence-electron chi connectivity index (χ4n) is 2.97. The van der Waals surface area contributed by atoms with Crippen LogP contribution in [-0.4, -0.2) is 16.1 Å². The lowest BCUT2D eigenvalue weighted by molar-refractivity contribution is 0.0951. The molecule has 1 amide bonds. The molecule has 0 spiro atoms. The molecule has 0 aliphatic carbocycles. The highest BCUT2D eigenvalue weighted by molar-refractivity contribution is 6.31. The van der Waals surface area contributed by atoms with Crippen molar-refractivity contribution < 1.29 is 4.79 Å². The summed E-state index contributed by atoms with van der Waals surface area (Å²) in [6, 6.07) is 28.3. The van der Waals surface area contributed by atoms with E-state index in [9.17, 15) is 4.79 Å². The van der Waals surface area contributed by atoms with E-state index in [0.29, 0.717) is 22.9 Å². The number of rotatable bonds is 6. The van der Waals surface area contributed by atoms with Crippen molar-refractivity contribution in [3.05, 3.63) is 107 Å². The predicted molar refractivity (Wildman–Crippen MR) is 120 cm³/mol. The van der Waals surface area contributed by atoms with Gasteiger partial charge in [-0.05, 0) is 42.0 Å². The molecule has 6 heteroatoms. The maximum Gasteiger partial charge on any atom is 0.251 e. The average Bonchev–Trinajstić information content (AvgIpc) is 2.80. The van der Waals surface area contributed by atoms with Crippen LogP contribution in [0.25, 0.3) is 11.3 Å². The second kappa shape index (κ2) is 9.20. The third kappa shape index (κ3) is 4.82. The molecule has 5 nitrogen and oxygen atoms in total. The van der Waals surface area contributed by atoms with Gasteiger partial charge in [0.15, 0.2) is 5.82 Å². The Hall–Kier alpha value is -3.70. The first-order valence-corrected chi connectivity index (χ1v) is 9.85. The van der Waals surface area contributed by atoms with E-state index < -0.39 is 0 Å².